The van der Waals surface area contributed by atoms with E-state index >= 15 is 0 Å². The highest BCUT2D eigenvalue weighted by molar-refractivity contribution is 7.22. The highest BCUT2D eigenvalue weighted by Crippen LogP contribution is 2.34. The van der Waals surface area contributed by atoms with Gasteiger partial charge in [-0.05, 0) is 37.1 Å². The van der Waals surface area contributed by atoms with Crippen LogP contribution in [0.4, 0.5) is 5.82 Å². The fourth-order valence-electron chi connectivity index (χ4n) is 3.13. The number of hydrogen-bond acceptors (Lipinski definition) is 7. The van der Waals surface area contributed by atoms with Crippen molar-refractivity contribution in [1.82, 2.24) is 19.5 Å². The Hall–Kier alpha value is -2.84. The molecule has 0 amide bonds. The molecule has 28 heavy (non-hydrogen) atoms. The predicted molar refractivity (Wildman–Crippen MR) is 109 cm³/mol. The molecule has 0 atom stereocenters. The molecule has 7 nitrogen and oxygen atoms in total. The number of benzene rings is 1. The van der Waals surface area contributed by atoms with Crippen molar-refractivity contribution in [2.24, 2.45) is 0 Å². The molecule has 1 aromatic carbocycles. The van der Waals surface area contributed by atoms with E-state index < -0.39 is 0 Å². The minimum Gasteiger partial charge on any atom is -0.454 e. The lowest BCUT2D eigenvalue weighted by Gasteiger charge is -2.10. The lowest BCUT2D eigenvalue weighted by atomic mass is 10.1. The Morgan fingerprint density at radius 1 is 1.21 bits per heavy atom. The number of anilines is 1. The molecule has 0 spiro atoms. The van der Waals surface area contributed by atoms with Gasteiger partial charge in [-0.3, -0.25) is 4.57 Å². The molecule has 4 heterocycles. The average Bonchev–Trinajstić information content (AvgIpc) is 3.39. The normalized spacial score (nSPS) is 12.6. The van der Waals surface area contributed by atoms with Crippen LogP contribution in [0.2, 0.25) is 4.34 Å². The number of aromatic nitrogens is 4. The second-order valence-corrected chi connectivity index (χ2v) is 8.01. The molecule has 142 valence electrons. The number of ether oxygens (including phenoxy) is 2. The number of halogens is 1. The highest BCUT2D eigenvalue weighted by Gasteiger charge is 2.15. The lowest BCUT2D eigenvalue weighted by molar-refractivity contribution is 0.174. The van der Waals surface area contributed by atoms with Crippen LogP contribution in [-0.2, 0) is 6.42 Å². The summed E-state index contributed by atoms with van der Waals surface area (Å²) in [6, 6.07) is 7.90. The molecule has 0 aliphatic carbocycles. The minimum atomic E-state index is 0.283. The number of fused-ring (bicyclic) bond motifs is 2. The van der Waals surface area contributed by atoms with Gasteiger partial charge in [-0.15, -0.1) is 11.3 Å². The SMILES string of the molecule is Cc1nccn1-c1nc(NCCc2ccc3c(c2)OCO3)c2cc(Cl)sc2n1. The molecule has 1 aliphatic heterocycles. The Morgan fingerprint density at radius 3 is 2.96 bits per heavy atom. The smallest absolute Gasteiger partial charge is 0.238 e. The van der Waals surface area contributed by atoms with Crippen LogP contribution in [-0.4, -0.2) is 32.9 Å². The largest absolute Gasteiger partial charge is 0.454 e. The van der Waals surface area contributed by atoms with Gasteiger partial charge in [0.2, 0.25) is 12.7 Å². The van der Waals surface area contributed by atoms with Crippen LogP contribution in [0.3, 0.4) is 0 Å². The van der Waals surface area contributed by atoms with Crippen LogP contribution in [0.1, 0.15) is 11.4 Å². The van der Waals surface area contributed by atoms with Gasteiger partial charge in [-0.1, -0.05) is 17.7 Å². The van der Waals surface area contributed by atoms with Gasteiger partial charge >= 0.3 is 0 Å². The summed E-state index contributed by atoms with van der Waals surface area (Å²) < 4.78 is 13.3. The van der Waals surface area contributed by atoms with Crippen LogP contribution >= 0.6 is 22.9 Å². The fraction of sp³-hybridized carbons (Fsp3) is 0.211. The van der Waals surface area contributed by atoms with Crippen LogP contribution in [0.5, 0.6) is 11.5 Å². The molecule has 3 aromatic heterocycles. The summed E-state index contributed by atoms with van der Waals surface area (Å²) >= 11 is 7.66. The molecular formula is C19H16ClN5O2S. The van der Waals surface area contributed by atoms with E-state index in [0.29, 0.717) is 16.8 Å². The van der Waals surface area contributed by atoms with E-state index in [4.69, 9.17) is 26.1 Å². The number of hydrogen-bond donors (Lipinski definition) is 1. The number of imidazole rings is 1. The van der Waals surface area contributed by atoms with Crippen molar-refractivity contribution in [3.63, 3.8) is 0 Å². The van der Waals surface area contributed by atoms with Crippen molar-refractivity contribution >= 4 is 39.0 Å². The first-order chi connectivity index (χ1) is 13.7. The Kier molecular flexibility index (Phi) is 4.29. The summed E-state index contributed by atoms with van der Waals surface area (Å²) in [5, 5.41) is 4.35. The minimum absolute atomic E-state index is 0.283. The molecular weight excluding hydrogens is 398 g/mol. The third-order valence-electron chi connectivity index (χ3n) is 4.54. The number of nitrogens with zero attached hydrogens (tertiary/aromatic N) is 4. The van der Waals surface area contributed by atoms with E-state index in [9.17, 15) is 0 Å². The second kappa shape index (κ2) is 6.96. The number of rotatable bonds is 5. The van der Waals surface area contributed by atoms with E-state index in [0.717, 1.165) is 45.3 Å². The third-order valence-corrected chi connectivity index (χ3v) is 5.69. The maximum atomic E-state index is 6.23. The molecule has 0 saturated heterocycles. The van der Waals surface area contributed by atoms with Gasteiger partial charge in [-0.2, -0.15) is 4.98 Å². The Labute approximate surface area is 169 Å². The standard InChI is InChI=1S/C19H16ClN5O2S/c1-11-21-6-7-25(11)19-23-17(13-9-16(20)28-18(13)24-19)22-5-4-12-2-3-14-15(8-12)27-10-26-14/h2-3,6-9H,4-5,10H2,1H3,(H,22,23,24). The number of thiophene rings is 1. The Morgan fingerprint density at radius 2 is 2.11 bits per heavy atom. The molecule has 1 aliphatic rings. The Balaban J connectivity index is 1.41. The topological polar surface area (TPSA) is 74.1 Å². The van der Waals surface area contributed by atoms with Crippen molar-refractivity contribution in [3.05, 3.63) is 52.4 Å². The molecule has 4 aromatic rings. The summed E-state index contributed by atoms with van der Waals surface area (Å²) in [6.07, 6.45) is 4.40. The molecule has 0 radical (unpaired) electrons. The van der Waals surface area contributed by atoms with E-state index in [1.54, 1.807) is 6.20 Å². The maximum Gasteiger partial charge on any atom is 0.238 e. The van der Waals surface area contributed by atoms with Crippen molar-refractivity contribution in [3.8, 4) is 17.4 Å². The molecule has 1 N–H and O–H groups in total. The van der Waals surface area contributed by atoms with Crippen molar-refractivity contribution in [2.45, 2.75) is 13.3 Å². The molecule has 0 bridgehead atoms. The summed E-state index contributed by atoms with van der Waals surface area (Å²) in [4.78, 5) is 14.4. The molecule has 0 unspecified atom stereocenters. The first kappa shape index (κ1) is 17.3. The first-order valence-electron chi connectivity index (χ1n) is 8.77. The molecule has 0 saturated carbocycles. The fourth-order valence-corrected chi connectivity index (χ4v) is 4.22. The van der Waals surface area contributed by atoms with Gasteiger partial charge in [0.1, 0.15) is 16.5 Å². The lowest BCUT2D eigenvalue weighted by Crippen LogP contribution is -2.10. The van der Waals surface area contributed by atoms with Gasteiger partial charge in [0, 0.05) is 18.9 Å². The summed E-state index contributed by atoms with van der Waals surface area (Å²) in [5.74, 6) is 3.75. The van der Waals surface area contributed by atoms with E-state index in [-0.39, 0.29) is 6.79 Å². The maximum absolute atomic E-state index is 6.23. The zero-order valence-corrected chi connectivity index (χ0v) is 16.5. The van der Waals surface area contributed by atoms with E-state index in [2.05, 4.69) is 15.3 Å². The highest BCUT2D eigenvalue weighted by atomic mass is 35.5. The van der Waals surface area contributed by atoms with E-state index in [1.165, 1.54) is 11.3 Å². The van der Waals surface area contributed by atoms with Crippen LogP contribution in [0.15, 0.2) is 36.7 Å². The number of aryl methyl sites for hydroxylation is 1. The first-order valence-corrected chi connectivity index (χ1v) is 9.96. The van der Waals surface area contributed by atoms with Gasteiger partial charge in [0.25, 0.3) is 0 Å². The van der Waals surface area contributed by atoms with Crippen LogP contribution < -0.4 is 14.8 Å². The van der Waals surface area contributed by atoms with Gasteiger partial charge in [0.05, 0.1) is 9.72 Å². The summed E-state index contributed by atoms with van der Waals surface area (Å²) in [5.41, 5.74) is 1.16. The second-order valence-electron chi connectivity index (χ2n) is 6.35. The zero-order chi connectivity index (χ0) is 19.1. The van der Waals surface area contributed by atoms with Crippen molar-refractivity contribution in [2.75, 3.05) is 18.7 Å². The molecule has 0 fully saturated rings. The monoisotopic (exact) mass is 413 g/mol. The van der Waals surface area contributed by atoms with Crippen molar-refractivity contribution < 1.29 is 9.47 Å². The van der Waals surface area contributed by atoms with Gasteiger partial charge < -0.3 is 14.8 Å². The van der Waals surface area contributed by atoms with Crippen LogP contribution in [0, 0.1) is 6.92 Å². The average molecular weight is 414 g/mol. The predicted octanol–water partition coefficient (Wildman–Crippen LogP) is 4.22. The Bertz CT molecular complexity index is 1170. The van der Waals surface area contributed by atoms with Gasteiger partial charge in [-0.25, -0.2) is 9.97 Å². The summed E-state index contributed by atoms with van der Waals surface area (Å²) in [7, 11) is 0. The molecule has 5 rings (SSSR count). The quantitative estimate of drug-likeness (QED) is 0.528. The van der Waals surface area contributed by atoms with Crippen LogP contribution in [0.25, 0.3) is 16.2 Å². The third kappa shape index (κ3) is 3.14. The zero-order valence-electron chi connectivity index (χ0n) is 15.0. The van der Waals surface area contributed by atoms with Gasteiger partial charge in [0.15, 0.2) is 11.5 Å². The molecule has 9 heteroatoms. The van der Waals surface area contributed by atoms with Crippen molar-refractivity contribution in [1.29, 1.82) is 0 Å². The van der Waals surface area contributed by atoms with E-state index in [1.807, 2.05) is 42.0 Å². The summed E-state index contributed by atoms with van der Waals surface area (Å²) in [6.45, 7) is 2.91. The number of nitrogens with one attached hydrogen (secondary N) is 1.